The minimum Gasteiger partial charge on any atom is -0.382 e. The molecule has 0 saturated heterocycles. The number of carbonyl (C=O) groups excluding carboxylic acids is 1. The average Bonchev–Trinajstić information content (AvgIpc) is 2.71. The highest BCUT2D eigenvalue weighted by Crippen LogP contribution is 2.32. The van der Waals surface area contributed by atoms with Gasteiger partial charge in [0.2, 0.25) is 0 Å². The van der Waals surface area contributed by atoms with Crippen LogP contribution in [0.15, 0.2) is 49.2 Å². The Morgan fingerprint density at radius 1 is 1.24 bits per heavy atom. The lowest BCUT2D eigenvalue weighted by atomic mass is 10.1. The monoisotopic (exact) mass is 393 g/mol. The van der Waals surface area contributed by atoms with Crippen molar-refractivity contribution in [3.8, 4) is 11.3 Å². The van der Waals surface area contributed by atoms with E-state index in [1.165, 1.54) is 24.7 Å². The van der Waals surface area contributed by atoms with E-state index in [1.807, 2.05) is 13.0 Å². The number of urea groups is 1. The maximum Gasteiger partial charge on any atom is 0.329 e. The second-order valence-corrected chi connectivity index (χ2v) is 6.77. The molecule has 0 aromatic carbocycles. The number of anilines is 3. The molecule has 8 nitrogen and oxygen atoms in total. The Balaban J connectivity index is 1.74. The van der Waals surface area contributed by atoms with Gasteiger partial charge in [0.25, 0.3) is 0 Å². The molecule has 0 fully saturated rings. The Labute approximate surface area is 167 Å². The molecule has 4 rings (SSSR count). The smallest absolute Gasteiger partial charge is 0.329 e. The summed E-state index contributed by atoms with van der Waals surface area (Å²) in [5, 5.41) is 6.10. The topological polar surface area (TPSA) is 95.9 Å². The lowest BCUT2D eigenvalue weighted by Gasteiger charge is -2.32. The van der Waals surface area contributed by atoms with Crippen LogP contribution in [-0.2, 0) is 0 Å². The number of hydrogen-bond acceptors (Lipinski definition) is 6. The van der Waals surface area contributed by atoms with Gasteiger partial charge in [0.15, 0.2) is 11.6 Å². The van der Waals surface area contributed by atoms with Gasteiger partial charge in [-0.1, -0.05) is 0 Å². The number of amides is 2. The Hall–Kier alpha value is -3.62. The molecular weight excluding hydrogens is 373 g/mol. The van der Waals surface area contributed by atoms with Crippen molar-refractivity contribution in [2.75, 3.05) is 22.1 Å². The highest BCUT2D eigenvalue weighted by molar-refractivity contribution is 6.03. The minimum atomic E-state index is -0.445. The maximum absolute atomic E-state index is 13.6. The molecule has 0 aliphatic carbocycles. The van der Waals surface area contributed by atoms with Crippen LogP contribution in [0.1, 0.15) is 19.8 Å². The molecule has 0 bridgehead atoms. The predicted molar refractivity (Wildman–Crippen MR) is 108 cm³/mol. The van der Waals surface area contributed by atoms with Gasteiger partial charge in [-0.25, -0.2) is 19.2 Å². The highest BCUT2D eigenvalue weighted by atomic mass is 19.1. The zero-order chi connectivity index (χ0) is 20.2. The zero-order valence-corrected chi connectivity index (χ0v) is 15.8. The van der Waals surface area contributed by atoms with Gasteiger partial charge in [-0.05, 0) is 38.0 Å². The number of nitrogens with zero attached hydrogens (tertiary/aromatic N) is 5. The van der Waals surface area contributed by atoms with E-state index in [1.54, 1.807) is 17.2 Å². The Morgan fingerprint density at radius 2 is 2.14 bits per heavy atom. The third-order valence-corrected chi connectivity index (χ3v) is 4.68. The lowest BCUT2D eigenvalue weighted by Crippen LogP contribution is -2.43. The van der Waals surface area contributed by atoms with E-state index >= 15 is 0 Å². The van der Waals surface area contributed by atoms with E-state index in [0.29, 0.717) is 22.9 Å². The molecule has 4 heterocycles. The summed E-state index contributed by atoms with van der Waals surface area (Å²) in [6, 6.07) is 4.55. The van der Waals surface area contributed by atoms with Crippen LogP contribution in [0.4, 0.5) is 26.5 Å². The second kappa shape index (κ2) is 8.17. The van der Waals surface area contributed by atoms with Crippen molar-refractivity contribution in [1.29, 1.82) is 0 Å². The van der Waals surface area contributed by atoms with Crippen LogP contribution < -0.4 is 15.5 Å². The number of hydrogen-bond donors (Lipinski definition) is 2. The fourth-order valence-corrected chi connectivity index (χ4v) is 3.27. The summed E-state index contributed by atoms with van der Waals surface area (Å²) in [5.74, 6) is 0.381. The van der Waals surface area contributed by atoms with E-state index in [2.05, 4.69) is 30.6 Å². The Morgan fingerprint density at radius 3 is 2.93 bits per heavy atom. The molecule has 1 aliphatic rings. The first kappa shape index (κ1) is 18.7. The Kier molecular flexibility index (Phi) is 5.28. The first-order valence-corrected chi connectivity index (χ1v) is 9.34. The summed E-state index contributed by atoms with van der Waals surface area (Å²) in [4.78, 5) is 31.4. The average molecular weight is 393 g/mol. The maximum atomic E-state index is 13.6. The number of pyridine rings is 2. The van der Waals surface area contributed by atoms with Gasteiger partial charge in [-0.2, -0.15) is 0 Å². The molecule has 9 heteroatoms. The molecule has 1 atom stereocenters. The molecule has 0 saturated carbocycles. The van der Waals surface area contributed by atoms with Crippen LogP contribution >= 0.6 is 0 Å². The first-order valence-electron chi connectivity index (χ1n) is 9.34. The third kappa shape index (κ3) is 4.13. The van der Waals surface area contributed by atoms with E-state index in [-0.39, 0.29) is 12.1 Å². The van der Waals surface area contributed by atoms with Crippen molar-refractivity contribution in [3.05, 3.63) is 55.0 Å². The molecule has 148 valence electrons. The first-order chi connectivity index (χ1) is 14.1. The summed E-state index contributed by atoms with van der Waals surface area (Å²) in [6.07, 6.45) is 8.92. The van der Waals surface area contributed by atoms with E-state index in [0.717, 1.165) is 31.3 Å². The van der Waals surface area contributed by atoms with Crippen LogP contribution in [-0.4, -0.2) is 38.6 Å². The largest absolute Gasteiger partial charge is 0.382 e. The quantitative estimate of drug-likeness (QED) is 0.689. The van der Waals surface area contributed by atoms with Crippen molar-refractivity contribution < 1.29 is 9.18 Å². The van der Waals surface area contributed by atoms with E-state index < -0.39 is 5.82 Å². The summed E-state index contributed by atoms with van der Waals surface area (Å²) in [6.45, 7) is 2.75. The summed E-state index contributed by atoms with van der Waals surface area (Å²) < 4.78 is 13.6. The minimum absolute atomic E-state index is 0.0964. The molecule has 3 aromatic rings. The van der Waals surface area contributed by atoms with Crippen molar-refractivity contribution in [3.63, 3.8) is 0 Å². The van der Waals surface area contributed by atoms with Gasteiger partial charge < -0.3 is 5.32 Å². The predicted octanol–water partition coefficient (Wildman–Crippen LogP) is 3.71. The van der Waals surface area contributed by atoms with Crippen molar-refractivity contribution >= 4 is 23.4 Å². The van der Waals surface area contributed by atoms with Gasteiger partial charge in [-0.15, -0.1) is 0 Å². The van der Waals surface area contributed by atoms with Crippen molar-refractivity contribution in [2.45, 2.75) is 25.8 Å². The van der Waals surface area contributed by atoms with Gasteiger partial charge in [0.1, 0.15) is 5.82 Å². The van der Waals surface area contributed by atoms with Gasteiger partial charge >= 0.3 is 6.03 Å². The number of fused-ring (bicyclic) bond motifs is 1. The molecule has 1 aliphatic heterocycles. The van der Waals surface area contributed by atoms with Crippen molar-refractivity contribution in [2.24, 2.45) is 0 Å². The van der Waals surface area contributed by atoms with Gasteiger partial charge in [0, 0.05) is 36.7 Å². The summed E-state index contributed by atoms with van der Waals surface area (Å²) in [5.41, 5.74) is 1.80. The fraction of sp³-hybridized carbons (Fsp3) is 0.250. The van der Waals surface area contributed by atoms with Crippen LogP contribution in [0.3, 0.4) is 0 Å². The number of carbonyl (C=O) groups is 1. The lowest BCUT2D eigenvalue weighted by molar-refractivity contribution is 0.254. The van der Waals surface area contributed by atoms with Gasteiger partial charge in [0.05, 0.1) is 23.8 Å². The van der Waals surface area contributed by atoms with E-state index in [4.69, 9.17) is 0 Å². The molecule has 29 heavy (non-hydrogen) atoms. The number of nitrogens with one attached hydrogen (secondary N) is 2. The van der Waals surface area contributed by atoms with E-state index in [9.17, 15) is 9.18 Å². The van der Waals surface area contributed by atoms with Gasteiger partial charge in [-0.3, -0.25) is 20.2 Å². The van der Waals surface area contributed by atoms with Crippen LogP contribution in [0.25, 0.3) is 11.3 Å². The molecule has 0 radical (unpaired) electrons. The molecule has 3 aromatic heterocycles. The number of rotatable bonds is 2. The van der Waals surface area contributed by atoms with Crippen molar-refractivity contribution in [1.82, 2.24) is 19.9 Å². The number of aromatic nitrogens is 4. The zero-order valence-electron chi connectivity index (χ0n) is 15.8. The Bertz CT molecular complexity index is 1010. The molecular formula is C20H20FN7O. The third-order valence-electron chi connectivity index (χ3n) is 4.68. The van der Waals surface area contributed by atoms with Crippen LogP contribution in [0.5, 0.6) is 0 Å². The number of halogens is 1. The molecule has 2 N–H and O–H groups in total. The SMILES string of the molecule is C[C@@H]1CCCNc2ccc(-c3cncc(F)c3)nc2N1C(=O)Nc1cnccn1. The molecule has 0 spiro atoms. The van der Waals surface area contributed by atoms with Crippen LogP contribution in [0.2, 0.25) is 0 Å². The normalized spacial score (nSPS) is 16.2. The standard InChI is InChI=1S/C20H20FN7O/c1-13-3-2-6-24-17-5-4-16(14-9-15(21)11-23-10-14)26-19(17)28(13)20(29)27-18-12-22-7-8-25-18/h4-5,7-13,24H,2-3,6H2,1H3,(H,25,27,29)/t13-/m1/s1. The fourth-order valence-electron chi connectivity index (χ4n) is 3.27. The summed E-state index contributed by atoms with van der Waals surface area (Å²) in [7, 11) is 0. The second-order valence-electron chi connectivity index (χ2n) is 6.77. The molecule has 0 unspecified atom stereocenters. The summed E-state index contributed by atoms with van der Waals surface area (Å²) >= 11 is 0. The molecule has 2 amide bonds. The highest BCUT2D eigenvalue weighted by Gasteiger charge is 2.28. The van der Waals surface area contributed by atoms with Crippen LogP contribution in [0, 0.1) is 5.82 Å².